The number of hydrogen-bond acceptors (Lipinski definition) is 6. The van der Waals surface area contributed by atoms with Crippen molar-refractivity contribution in [3.63, 3.8) is 0 Å². The minimum atomic E-state index is -0.841. The molecule has 138 valence electrons. The number of carbonyl (C=O) groups excluding carboxylic acids is 2. The van der Waals surface area contributed by atoms with Crippen molar-refractivity contribution in [2.24, 2.45) is 5.92 Å². The van der Waals surface area contributed by atoms with Crippen LogP contribution in [0.25, 0.3) is 0 Å². The highest BCUT2D eigenvalue weighted by Crippen LogP contribution is 2.10. The number of amides is 1. The van der Waals surface area contributed by atoms with Crippen LogP contribution in [0.5, 0.6) is 5.75 Å². The van der Waals surface area contributed by atoms with Crippen LogP contribution in [0.2, 0.25) is 0 Å². The molecule has 0 bridgehead atoms. The molecular weight excluding hydrogens is 338 g/mol. The Hall–Kier alpha value is -3.09. The first-order chi connectivity index (χ1) is 12.4. The third-order valence-corrected chi connectivity index (χ3v) is 3.67. The summed E-state index contributed by atoms with van der Waals surface area (Å²) in [6.07, 6.45) is 1.09. The number of carbonyl (C=O) groups is 2. The maximum absolute atomic E-state index is 12.2. The molecule has 1 atom stereocenters. The lowest BCUT2D eigenvalue weighted by Crippen LogP contribution is -2.45. The van der Waals surface area contributed by atoms with Gasteiger partial charge in [-0.25, -0.2) is 4.79 Å². The molecule has 0 saturated heterocycles. The lowest BCUT2D eigenvalue weighted by Gasteiger charge is -2.19. The van der Waals surface area contributed by atoms with Gasteiger partial charge in [0.2, 0.25) is 11.2 Å². The van der Waals surface area contributed by atoms with Crippen LogP contribution in [-0.2, 0) is 16.1 Å². The van der Waals surface area contributed by atoms with Crippen LogP contribution in [-0.4, -0.2) is 25.0 Å². The summed E-state index contributed by atoms with van der Waals surface area (Å²) in [5.41, 5.74) is 0.406. The predicted octanol–water partition coefficient (Wildman–Crippen LogP) is 2.15. The van der Waals surface area contributed by atoms with Gasteiger partial charge in [0.1, 0.15) is 18.9 Å². The summed E-state index contributed by atoms with van der Waals surface area (Å²) in [5.74, 6) is -1.65. The van der Waals surface area contributed by atoms with Crippen molar-refractivity contribution < 1.29 is 23.5 Å². The smallest absolute Gasteiger partial charge is 0.328 e. The first kappa shape index (κ1) is 19.2. The van der Waals surface area contributed by atoms with Crippen molar-refractivity contribution in [2.45, 2.75) is 26.5 Å². The van der Waals surface area contributed by atoms with Crippen molar-refractivity contribution in [1.82, 2.24) is 5.32 Å². The van der Waals surface area contributed by atoms with Crippen LogP contribution < -0.4 is 15.5 Å². The summed E-state index contributed by atoms with van der Waals surface area (Å²) in [6.45, 7) is 3.73. The number of methoxy groups -OCH3 is 1. The average molecular weight is 359 g/mol. The van der Waals surface area contributed by atoms with Crippen LogP contribution in [0.15, 0.2) is 51.9 Å². The number of benzene rings is 1. The predicted molar refractivity (Wildman–Crippen MR) is 93.9 cm³/mol. The molecule has 7 nitrogen and oxygen atoms in total. The number of ether oxygens (including phenoxy) is 2. The fourth-order valence-corrected chi connectivity index (χ4v) is 2.20. The molecule has 0 unspecified atom stereocenters. The van der Waals surface area contributed by atoms with Crippen molar-refractivity contribution >= 4 is 11.9 Å². The van der Waals surface area contributed by atoms with E-state index in [1.165, 1.54) is 7.11 Å². The van der Waals surface area contributed by atoms with Crippen LogP contribution >= 0.6 is 0 Å². The number of hydrogen-bond donors (Lipinski definition) is 1. The zero-order valence-electron chi connectivity index (χ0n) is 14.9. The van der Waals surface area contributed by atoms with Crippen LogP contribution in [0.1, 0.15) is 30.0 Å². The Morgan fingerprint density at radius 2 is 1.88 bits per heavy atom. The molecule has 0 fully saturated rings. The summed E-state index contributed by atoms with van der Waals surface area (Å²) < 4.78 is 15.3. The van der Waals surface area contributed by atoms with Gasteiger partial charge >= 0.3 is 5.97 Å². The fourth-order valence-electron chi connectivity index (χ4n) is 2.20. The molecule has 2 rings (SSSR count). The third kappa shape index (κ3) is 4.95. The highest BCUT2D eigenvalue weighted by Gasteiger charge is 2.26. The van der Waals surface area contributed by atoms with Crippen molar-refractivity contribution in [3.05, 3.63) is 64.2 Å². The van der Waals surface area contributed by atoms with Crippen LogP contribution in [0.3, 0.4) is 0 Å². The number of nitrogens with one attached hydrogen (secondary N) is 1. The first-order valence-electron chi connectivity index (χ1n) is 8.10. The van der Waals surface area contributed by atoms with E-state index in [0.717, 1.165) is 17.9 Å². The second-order valence-corrected chi connectivity index (χ2v) is 5.97. The van der Waals surface area contributed by atoms with Gasteiger partial charge in [0.15, 0.2) is 5.76 Å². The Bertz CT molecular complexity index is 812. The van der Waals surface area contributed by atoms with E-state index in [-0.39, 0.29) is 24.0 Å². The van der Waals surface area contributed by atoms with E-state index >= 15 is 0 Å². The molecule has 1 aromatic heterocycles. The minimum absolute atomic E-state index is 0.00113. The molecule has 1 amide bonds. The fraction of sp³-hybridized carbons (Fsp3) is 0.316. The normalized spacial score (nSPS) is 11.7. The average Bonchev–Trinajstić information content (AvgIpc) is 2.64. The van der Waals surface area contributed by atoms with Crippen molar-refractivity contribution in [2.75, 3.05) is 7.11 Å². The summed E-state index contributed by atoms with van der Waals surface area (Å²) in [6, 6.07) is 9.52. The van der Waals surface area contributed by atoms with Gasteiger partial charge in [-0.15, -0.1) is 0 Å². The highest BCUT2D eigenvalue weighted by molar-refractivity contribution is 5.94. The van der Waals surface area contributed by atoms with Gasteiger partial charge in [-0.05, 0) is 11.5 Å². The van der Waals surface area contributed by atoms with E-state index in [4.69, 9.17) is 9.15 Å². The molecule has 0 aliphatic rings. The lowest BCUT2D eigenvalue weighted by atomic mass is 10.0. The zero-order valence-corrected chi connectivity index (χ0v) is 14.9. The van der Waals surface area contributed by atoms with E-state index < -0.39 is 23.3 Å². The first-order valence-corrected chi connectivity index (χ1v) is 8.10. The van der Waals surface area contributed by atoms with Gasteiger partial charge in [0, 0.05) is 6.07 Å². The SMILES string of the molecule is COC(=O)[C@@H](NC(=O)c1cc(=O)c(OCc2ccccc2)co1)C(C)C. The molecule has 0 saturated carbocycles. The quantitative estimate of drug-likeness (QED) is 0.761. The molecule has 0 aliphatic heterocycles. The monoisotopic (exact) mass is 359 g/mol. The molecule has 7 heteroatoms. The Labute approximate surface area is 150 Å². The summed E-state index contributed by atoms with van der Waals surface area (Å²) in [4.78, 5) is 36.1. The van der Waals surface area contributed by atoms with E-state index in [0.29, 0.717) is 0 Å². The Morgan fingerprint density at radius 3 is 2.46 bits per heavy atom. The van der Waals surface area contributed by atoms with E-state index in [1.54, 1.807) is 13.8 Å². The van der Waals surface area contributed by atoms with E-state index in [2.05, 4.69) is 10.1 Å². The second kappa shape index (κ2) is 8.84. The Balaban J connectivity index is 2.07. The molecule has 2 aromatic rings. The second-order valence-electron chi connectivity index (χ2n) is 5.97. The van der Waals surface area contributed by atoms with Gasteiger partial charge in [-0.3, -0.25) is 9.59 Å². The lowest BCUT2D eigenvalue weighted by molar-refractivity contribution is -0.144. The third-order valence-electron chi connectivity index (χ3n) is 3.67. The molecule has 1 heterocycles. The standard InChI is InChI=1S/C19H21NO6/c1-12(2)17(19(23)24-3)20-18(22)15-9-14(21)16(11-26-15)25-10-13-7-5-4-6-8-13/h4-9,11-12,17H,10H2,1-3H3,(H,20,22)/t17-/m0/s1. The maximum atomic E-state index is 12.2. The minimum Gasteiger partial charge on any atom is -0.482 e. The summed E-state index contributed by atoms with van der Waals surface area (Å²) in [5, 5.41) is 2.50. The molecule has 0 spiro atoms. The zero-order chi connectivity index (χ0) is 19.1. The van der Waals surface area contributed by atoms with Crippen molar-refractivity contribution in [1.29, 1.82) is 0 Å². The van der Waals surface area contributed by atoms with Crippen molar-refractivity contribution in [3.8, 4) is 5.75 Å². The summed E-state index contributed by atoms with van der Waals surface area (Å²) in [7, 11) is 1.24. The van der Waals surface area contributed by atoms with Crippen LogP contribution in [0.4, 0.5) is 0 Å². The number of rotatable bonds is 7. The van der Waals surface area contributed by atoms with Crippen LogP contribution in [0, 0.1) is 5.92 Å². The van der Waals surface area contributed by atoms with Gasteiger partial charge < -0.3 is 19.2 Å². The molecule has 0 radical (unpaired) electrons. The maximum Gasteiger partial charge on any atom is 0.328 e. The largest absolute Gasteiger partial charge is 0.482 e. The Kier molecular flexibility index (Phi) is 6.54. The van der Waals surface area contributed by atoms with Gasteiger partial charge in [0.05, 0.1) is 7.11 Å². The molecule has 0 aliphatic carbocycles. The van der Waals surface area contributed by atoms with Gasteiger partial charge in [-0.1, -0.05) is 44.2 Å². The van der Waals surface area contributed by atoms with Gasteiger partial charge in [0.25, 0.3) is 5.91 Å². The van der Waals surface area contributed by atoms with E-state index in [9.17, 15) is 14.4 Å². The number of esters is 1. The summed E-state index contributed by atoms with van der Waals surface area (Å²) >= 11 is 0. The van der Waals surface area contributed by atoms with E-state index in [1.807, 2.05) is 30.3 Å². The molecule has 26 heavy (non-hydrogen) atoms. The van der Waals surface area contributed by atoms with Gasteiger partial charge in [-0.2, -0.15) is 0 Å². The molecule has 1 aromatic carbocycles. The Morgan fingerprint density at radius 1 is 1.19 bits per heavy atom. The molecule has 1 N–H and O–H groups in total. The highest BCUT2D eigenvalue weighted by atomic mass is 16.5. The topological polar surface area (TPSA) is 94.8 Å². The molecular formula is C19H21NO6.